The van der Waals surface area contributed by atoms with Crippen molar-refractivity contribution in [1.29, 1.82) is 0 Å². The molecule has 146 valence electrons. The molecule has 3 aromatic rings. The summed E-state index contributed by atoms with van der Waals surface area (Å²) in [6.45, 7) is 0. The van der Waals surface area contributed by atoms with Gasteiger partial charge in [-0.1, -0.05) is 72.8 Å². The molecule has 1 aliphatic carbocycles. The van der Waals surface area contributed by atoms with E-state index in [0.29, 0.717) is 0 Å². The summed E-state index contributed by atoms with van der Waals surface area (Å²) in [7, 11) is -3.76. The number of aryl methyl sites for hydroxylation is 1. The van der Waals surface area contributed by atoms with Gasteiger partial charge in [0.05, 0.1) is 16.6 Å². The molecule has 1 heterocycles. The van der Waals surface area contributed by atoms with Gasteiger partial charge < -0.3 is 0 Å². The van der Waals surface area contributed by atoms with Crippen molar-refractivity contribution in [2.24, 2.45) is 11.0 Å². The summed E-state index contributed by atoms with van der Waals surface area (Å²) in [6, 6.07) is 26.4. The second kappa shape index (κ2) is 7.16. The van der Waals surface area contributed by atoms with Crippen LogP contribution in [0.4, 0.5) is 0 Å². The fourth-order valence-corrected chi connectivity index (χ4v) is 5.99. The lowest BCUT2D eigenvalue weighted by atomic mass is 9.86. The smallest absolute Gasteiger partial charge is 0.200 e. The van der Waals surface area contributed by atoms with Crippen LogP contribution in [0.25, 0.3) is 0 Å². The molecule has 0 radical (unpaired) electrons. The predicted molar refractivity (Wildman–Crippen MR) is 114 cm³/mol. The molecule has 5 heteroatoms. The van der Waals surface area contributed by atoms with Gasteiger partial charge in [0, 0.05) is 11.5 Å². The van der Waals surface area contributed by atoms with Crippen molar-refractivity contribution >= 4 is 15.7 Å². The molecule has 1 unspecified atom stereocenters. The minimum atomic E-state index is -3.76. The number of nitrogens with zero attached hydrogens (tertiary/aromatic N) is 2. The van der Waals surface area contributed by atoms with Crippen molar-refractivity contribution in [1.82, 2.24) is 4.41 Å². The van der Waals surface area contributed by atoms with E-state index in [1.54, 1.807) is 24.3 Å². The van der Waals surface area contributed by atoms with Crippen LogP contribution in [0.3, 0.4) is 0 Å². The quantitative estimate of drug-likeness (QED) is 0.632. The van der Waals surface area contributed by atoms with Gasteiger partial charge in [-0.3, -0.25) is 0 Å². The second-order valence-electron chi connectivity index (χ2n) is 7.59. The molecule has 1 aliphatic heterocycles. The van der Waals surface area contributed by atoms with Gasteiger partial charge in [-0.15, -0.1) is 0 Å². The third-order valence-electron chi connectivity index (χ3n) is 5.86. The normalized spacial score (nSPS) is 21.1. The van der Waals surface area contributed by atoms with Gasteiger partial charge in [-0.25, -0.2) is 0 Å². The van der Waals surface area contributed by atoms with E-state index in [9.17, 15) is 8.42 Å². The maximum atomic E-state index is 13.6. The van der Waals surface area contributed by atoms with Gasteiger partial charge in [0.25, 0.3) is 10.0 Å². The zero-order valence-electron chi connectivity index (χ0n) is 16.0. The van der Waals surface area contributed by atoms with Gasteiger partial charge in [0.1, 0.15) is 0 Å². The number of fused-ring (bicyclic) bond motifs is 3. The van der Waals surface area contributed by atoms with Crippen LogP contribution in [0.2, 0.25) is 0 Å². The number of sulfonamides is 1. The molecule has 0 bridgehead atoms. The number of rotatable bonds is 3. The lowest BCUT2D eigenvalue weighted by molar-refractivity contribution is 0.313. The molecule has 0 spiro atoms. The van der Waals surface area contributed by atoms with Crippen LogP contribution in [-0.4, -0.2) is 18.5 Å². The van der Waals surface area contributed by atoms with Crippen molar-refractivity contribution in [2.45, 2.75) is 30.2 Å². The van der Waals surface area contributed by atoms with E-state index >= 15 is 0 Å². The Morgan fingerprint density at radius 3 is 2.24 bits per heavy atom. The average Bonchev–Trinajstić information content (AvgIpc) is 3.06. The summed E-state index contributed by atoms with van der Waals surface area (Å²) in [5.74, 6) is 0.0412. The van der Waals surface area contributed by atoms with Crippen molar-refractivity contribution in [2.75, 3.05) is 0 Å². The molecule has 0 aromatic heterocycles. The average molecular weight is 403 g/mol. The first-order valence-corrected chi connectivity index (χ1v) is 11.4. The third kappa shape index (κ3) is 3.06. The standard InChI is InChI=1S/C24H22N2O2S/c27-29(28,20-14-5-2-6-15-20)26-24(19-11-3-1-4-12-19)22-17-9-13-18-10-7-8-16-21(18)23(22)25-26/h1-8,10-12,14-16,22,24H,9,13,17H2/t22?,24-/m1/s1. The molecular weight excluding hydrogens is 380 g/mol. The van der Waals surface area contributed by atoms with Crippen molar-refractivity contribution < 1.29 is 8.42 Å². The van der Waals surface area contributed by atoms with Crippen LogP contribution in [0.1, 0.15) is 35.6 Å². The zero-order chi connectivity index (χ0) is 19.8. The van der Waals surface area contributed by atoms with Gasteiger partial charge in [0.2, 0.25) is 0 Å². The number of hydrogen-bond donors (Lipinski definition) is 0. The predicted octanol–water partition coefficient (Wildman–Crippen LogP) is 4.79. The Morgan fingerprint density at radius 1 is 0.828 bits per heavy atom. The molecule has 4 nitrogen and oxygen atoms in total. The highest BCUT2D eigenvalue weighted by Crippen LogP contribution is 2.45. The molecular formula is C24H22N2O2S. The Labute approximate surface area is 171 Å². The SMILES string of the molecule is O=S(=O)(c1ccccc1)N1N=C2c3ccccc3CCCC2[C@H]1c1ccccc1. The summed E-state index contributed by atoms with van der Waals surface area (Å²) in [5.41, 5.74) is 4.21. The van der Waals surface area contributed by atoms with Crippen molar-refractivity contribution in [3.63, 3.8) is 0 Å². The summed E-state index contributed by atoms with van der Waals surface area (Å²) >= 11 is 0. The topological polar surface area (TPSA) is 49.7 Å². The lowest BCUT2D eigenvalue weighted by Gasteiger charge is -2.27. The van der Waals surface area contributed by atoms with Crippen LogP contribution in [0.5, 0.6) is 0 Å². The molecule has 0 fully saturated rings. The van der Waals surface area contributed by atoms with E-state index in [1.807, 2.05) is 48.5 Å². The van der Waals surface area contributed by atoms with Crippen LogP contribution >= 0.6 is 0 Å². The Bertz CT molecular complexity index is 1160. The van der Waals surface area contributed by atoms with Crippen molar-refractivity contribution in [3.05, 3.63) is 102 Å². The largest absolute Gasteiger partial charge is 0.279 e. The first kappa shape index (κ1) is 18.1. The minimum absolute atomic E-state index is 0.0412. The molecule has 5 rings (SSSR count). The lowest BCUT2D eigenvalue weighted by Crippen LogP contribution is -2.31. The van der Waals surface area contributed by atoms with Gasteiger partial charge in [-0.05, 0) is 42.5 Å². The maximum absolute atomic E-state index is 13.6. The Hall–Kier alpha value is -2.92. The van der Waals surface area contributed by atoms with E-state index in [-0.39, 0.29) is 16.9 Å². The monoisotopic (exact) mass is 402 g/mol. The van der Waals surface area contributed by atoms with E-state index in [4.69, 9.17) is 5.10 Å². The third-order valence-corrected chi connectivity index (χ3v) is 7.53. The molecule has 2 atom stereocenters. The van der Waals surface area contributed by atoms with E-state index in [2.05, 4.69) is 12.1 Å². The summed E-state index contributed by atoms with van der Waals surface area (Å²) in [5, 5.41) is 4.78. The number of hydrogen-bond acceptors (Lipinski definition) is 3. The molecule has 0 saturated heterocycles. The van der Waals surface area contributed by atoms with E-state index in [1.165, 1.54) is 9.98 Å². The second-order valence-corrected chi connectivity index (χ2v) is 9.38. The Kier molecular flexibility index (Phi) is 4.47. The van der Waals surface area contributed by atoms with Gasteiger partial charge >= 0.3 is 0 Å². The highest BCUT2D eigenvalue weighted by atomic mass is 32.2. The van der Waals surface area contributed by atoms with Crippen LogP contribution < -0.4 is 0 Å². The van der Waals surface area contributed by atoms with Crippen LogP contribution in [0, 0.1) is 5.92 Å². The highest BCUT2D eigenvalue weighted by molar-refractivity contribution is 7.89. The Morgan fingerprint density at radius 2 is 1.48 bits per heavy atom. The first-order chi connectivity index (χ1) is 14.2. The fraction of sp³-hybridized carbons (Fsp3) is 0.208. The minimum Gasteiger partial charge on any atom is -0.200 e. The molecule has 0 saturated carbocycles. The van der Waals surface area contributed by atoms with E-state index in [0.717, 1.165) is 36.1 Å². The summed E-state index contributed by atoms with van der Waals surface area (Å²) in [6.07, 6.45) is 2.93. The molecule has 0 amide bonds. The maximum Gasteiger partial charge on any atom is 0.279 e. The highest BCUT2D eigenvalue weighted by Gasteiger charge is 2.45. The fourth-order valence-electron chi connectivity index (χ4n) is 4.51. The van der Waals surface area contributed by atoms with Crippen molar-refractivity contribution in [3.8, 4) is 0 Å². The Balaban J connectivity index is 1.70. The van der Waals surface area contributed by atoms with Gasteiger partial charge in [0.15, 0.2) is 0 Å². The number of hydrazone groups is 1. The summed E-state index contributed by atoms with van der Waals surface area (Å²) in [4.78, 5) is 0.273. The molecule has 29 heavy (non-hydrogen) atoms. The zero-order valence-corrected chi connectivity index (χ0v) is 16.8. The summed E-state index contributed by atoms with van der Waals surface area (Å²) < 4.78 is 28.5. The van der Waals surface area contributed by atoms with E-state index < -0.39 is 10.0 Å². The molecule has 0 N–H and O–H groups in total. The van der Waals surface area contributed by atoms with Gasteiger partial charge in [-0.2, -0.15) is 17.9 Å². The first-order valence-electron chi connectivity index (χ1n) is 9.97. The van der Waals surface area contributed by atoms with Crippen LogP contribution in [-0.2, 0) is 16.4 Å². The molecule has 2 aliphatic rings. The molecule has 3 aromatic carbocycles. The number of benzene rings is 3. The van der Waals surface area contributed by atoms with Crippen LogP contribution in [0.15, 0.2) is 94.9 Å².